The number of hydrogen-bond acceptors (Lipinski definition) is 10. The van der Waals surface area contributed by atoms with E-state index in [-0.39, 0.29) is 5.91 Å². The fraction of sp³-hybridized carbons (Fsp3) is 0.593. The zero-order valence-corrected chi connectivity index (χ0v) is 22.6. The van der Waals surface area contributed by atoms with Crippen molar-refractivity contribution in [3.8, 4) is 17.2 Å². The summed E-state index contributed by atoms with van der Waals surface area (Å²) in [5.41, 5.74) is 0.507. The third-order valence-corrected chi connectivity index (χ3v) is 7.62. The Labute approximate surface area is 224 Å². The molecule has 5 rings (SSSR count). The van der Waals surface area contributed by atoms with Crippen molar-refractivity contribution < 1.29 is 23.7 Å². The Balaban J connectivity index is 1.13. The van der Waals surface area contributed by atoms with Crippen LogP contribution in [0, 0.1) is 0 Å². The van der Waals surface area contributed by atoms with Crippen LogP contribution in [-0.2, 0) is 4.74 Å². The van der Waals surface area contributed by atoms with E-state index < -0.39 is 0 Å². The molecule has 1 aromatic carbocycles. The Morgan fingerprint density at radius 1 is 0.868 bits per heavy atom. The number of anilines is 2. The third kappa shape index (κ3) is 5.73. The Morgan fingerprint density at radius 3 is 1.92 bits per heavy atom. The maximum atomic E-state index is 13.2. The molecule has 38 heavy (non-hydrogen) atoms. The Bertz CT molecular complexity index is 1050. The molecule has 1 atom stereocenters. The van der Waals surface area contributed by atoms with Crippen LogP contribution < -0.4 is 24.0 Å². The molecule has 3 aliphatic heterocycles. The number of methoxy groups -OCH3 is 3. The second kappa shape index (κ2) is 12.0. The summed E-state index contributed by atoms with van der Waals surface area (Å²) >= 11 is 0. The lowest BCUT2D eigenvalue weighted by atomic mass is 10.1. The number of aromatic nitrogens is 2. The number of carbonyl (C=O) groups is 1. The topological polar surface area (TPSA) is 92.7 Å². The molecule has 0 radical (unpaired) electrons. The van der Waals surface area contributed by atoms with Gasteiger partial charge in [0.25, 0.3) is 5.91 Å². The predicted molar refractivity (Wildman–Crippen MR) is 144 cm³/mol. The molecular weight excluding hydrogens is 488 g/mol. The van der Waals surface area contributed by atoms with Crippen LogP contribution in [-0.4, -0.2) is 119 Å². The highest BCUT2D eigenvalue weighted by Crippen LogP contribution is 2.38. The van der Waals surface area contributed by atoms with Crippen molar-refractivity contribution in [3.05, 3.63) is 29.8 Å². The van der Waals surface area contributed by atoms with Gasteiger partial charge in [-0.3, -0.25) is 9.69 Å². The Hall–Kier alpha value is -3.31. The van der Waals surface area contributed by atoms with E-state index in [1.165, 1.54) is 12.8 Å². The van der Waals surface area contributed by atoms with Gasteiger partial charge in [-0.05, 0) is 37.1 Å². The van der Waals surface area contributed by atoms with Crippen LogP contribution in [0.5, 0.6) is 17.2 Å². The summed E-state index contributed by atoms with van der Waals surface area (Å²) in [4.78, 5) is 22.0. The molecule has 1 unspecified atom stereocenters. The smallest absolute Gasteiger partial charge is 0.254 e. The number of nitrogens with zero attached hydrogens (tertiary/aromatic N) is 6. The van der Waals surface area contributed by atoms with Crippen molar-refractivity contribution in [2.45, 2.75) is 18.9 Å². The highest BCUT2D eigenvalue weighted by Gasteiger charge is 2.27. The van der Waals surface area contributed by atoms with E-state index in [1.54, 1.807) is 33.5 Å². The molecule has 3 aliphatic rings. The van der Waals surface area contributed by atoms with Crippen LogP contribution in [0.1, 0.15) is 23.2 Å². The first kappa shape index (κ1) is 26.3. The highest BCUT2D eigenvalue weighted by molar-refractivity contribution is 5.95. The maximum absolute atomic E-state index is 13.2. The zero-order chi connectivity index (χ0) is 26.5. The summed E-state index contributed by atoms with van der Waals surface area (Å²) in [6.07, 6.45) is 2.77. The number of ether oxygens (including phenoxy) is 4. The van der Waals surface area contributed by atoms with Gasteiger partial charge < -0.3 is 33.6 Å². The molecular formula is C27H38N6O5. The van der Waals surface area contributed by atoms with Gasteiger partial charge in [-0.15, -0.1) is 10.2 Å². The SMILES string of the molecule is COc1cc(C(=O)N2CCN(c3ccc(N4CCN(CC5CCCO5)CC4)nn3)CC2)cc(OC)c1OC. The minimum Gasteiger partial charge on any atom is -0.493 e. The predicted octanol–water partition coefficient (Wildman–Crippen LogP) is 1.77. The van der Waals surface area contributed by atoms with E-state index in [0.29, 0.717) is 55.1 Å². The van der Waals surface area contributed by atoms with Gasteiger partial charge in [0.2, 0.25) is 5.75 Å². The van der Waals surface area contributed by atoms with Crippen molar-refractivity contribution in [2.24, 2.45) is 0 Å². The van der Waals surface area contributed by atoms with E-state index in [1.807, 2.05) is 11.0 Å². The van der Waals surface area contributed by atoms with Crippen molar-refractivity contribution in [2.75, 3.05) is 96.6 Å². The van der Waals surface area contributed by atoms with E-state index >= 15 is 0 Å². The Kier molecular flexibility index (Phi) is 8.33. The average Bonchev–Trinajstić information content (AvgIpc) is 3.49. The second-order valence-electron chi connectivity index (χ2n) is 9.87. The molecule has 0 N–H and O–H groups in total. The molecule has 2 aromatic rings. The van der Waals surface area contributed by atoms with Crippen molar-refractivity contribution in [3.63, 3.8) is 0 Å². The van der Waals surface area contributed by atoms with E-state index in [0.717, 1.165) is 51.0 Å². The first-order valence-electron chi connectivity index (χ1n) is 13.4. The first-order chi connectivity index (χ1) is 18.6. The number of rotatable bonds is 8. The van der Waals surface area contributed by atoms with Gasteiger partial charge in [-0.1, -0.05) is 0 Å². The van der Waals surface area contributed by atoms with Crippen LogP contribution in [0.15, 0.2) is 24.3 Å². The van der Waals surface area contributed by atoms with Crippen LogP contribution in [0.2, 0.25) is 0 Å². The van der Waals surface area contributed by atoms with E-state index in [9.17, 15) is 4.79 Å². The van der Waals surface area contributed by atoms with Gasteiger partial charge in [0.1, 0.15) is 0 Å². The molecule has 0 bridgehead atoms. The monoisotopic (exact) mass is 526 g/mol. The second-order valence-corrected chi connectivity index (χ2v) is 9.87. The van der Waals surface area contributed by atoms with Gasteiger partial charge >= 0.3 is 0 Å². The lowest BCUT2D eigenvalue weighted by Crippen LogP contribution is -2.49. The normalized spacial score (nSPS) is 20.5. The van der Waals surface area contributed by atoms with Crippen molar-refractivity contribution in [1.29, 1.82) is 0 Å². The molecule has 206 valence electrons. The molecule has 3 saturated heterocycles. The summed E-state index contributed by atoms with van der Waals surface area (Å²) in [5, 5.41) is 9.06. The zero-order valence-electron chi connectivity index (χ0n) is 22.6. The average molecular weight is 527 g/mol. The highest BCUT2D eigenvalue weighted by atomic mass is 16.5. The van der Waals surface area contributed by atoms with Crippen LogP contribution in [0.3, 0.4) is 0 Å². The molecule has 1 aromatic heterocycles. The van der Waals surface area contributed by atoms with Crippen LogP contribution in [0.25, 0.3) is 0 Å². The molecule has 0 spiro atoms. The minimum absolute atomic E-state index is 0.0658. The fourth-order valence-corrected chi connectivity index (χ4v) is 5.42. The summed E-state index contributed by atoms with van der Waals surface area (Å²) in [7, 11) is 4.64. The summed E-state index contributed by atoms with van der Waals surface area (Å²) in [6.45, 7) is 8.42. The number of piperazine rings is 2. The molecule has 0 saturated carbocycles. The van der Waals surface area contributed by atoms with Gasteiger partial charge in [0.15, 0.2) is 23.1 Å². The van der Waals surface area contributed by atoms with Crippen molar-refractivity contribution >= 4 is 17.5 Å². The first-order valence-corrected chi connectivity index (χ1v) is 13.4. The van der Waals surface area contributed by atoms with Gasteiger partial charge in [0.05, 0.1) is 27.4 Å². The standard InChI is InChI=1S/C27H38N6O5/c1-35-22-17-20(18-23(36-2)26(22)37-3)27(34)33-14-12-32(13-15-33)25-7-6-24(28-29-25)31-10-8-30(9-11-31)19-21-5-4-16-38-21/h6-7,17-18,21H,4-5,8-16,19H2,1-3H3. The molecule has 11 nitrogen and oxygen atoms in total. The van der Waals surface area contributed by atoms with Gasteiger partial charge in [-0.2, -0.15) is 0 Å². The van der Waals surface area contributed by atoms with Gasteiger partial charge in [-0.25, -0.2) is 0 Å². The van der Waals surface area contributed by atoms with Crippen LogP contribution >= 0.6 is 0 Å². The van der Waals surface area contributed by atoms with Gasteiger partial charge in [0, 0.05) is 71.1 Å². The summed E-state index contributed by atoms with van der Waals surface area (Å²) in [5.74, 6) is 3.09. The molecule has 3 fully saturated rings. The third-order valence-electron chi connectivity index (χ3n) is 7.62. The quantitative estimate of drug-likeness (QED) is 0.507. The molecule has 11 heteroatoms. The van der Waals surface area contributed by atoms with Crippen LogP contribution in [0.4, 0.5) is 11.6 Å². The number of benzene rings is 1. The molecule has 1 amide bonds. The summed E-state index contributed by atoms with van der Waals surface area (Å²) < 4.78 is 22.0. The minimum atomic E-state index is -0.0658. The fourth-order valence-electron chi connectivity index (χ4n) is 5.42. The lowest BCUT2D eigenvalue weighted by Gasteiger charge is -2.37. The lowest BCUT2D eigenvalue weighted by molar-refractivity contribution is 0.0712. The number of carbonyl (C=O) groups excluding carboxylic acids is 1. The maximum Gasteiger partial charge on any atom is 0.254 e. The number of amides is 1. The molecule has 4 heterocycles. The largest absolute Gasteiger partial charge is 0.493 e. The summed E-state index contributed by atoms with van der Waals surface area (Å²) in [6, 6.07) is 7.49. The van der Waals surface area contributed by atoms with E-state index in [2.05, 4.69) is 31.0 Å². The molecule has 0 aliphatic carbocycles. The van der Waals surface area contributed by atoms with E-state index in [4.69, 9.17) is 18.9 Å². The Morgan fingerprint density at radius 2 is 1.45 bits per heavy atom. The number of hydrogen-bond donors (Lipinski definition) is 0. The van der Waals surface area contributed by atoms with Crippen molar-refractivity contribution in [1.82, 2.24) is 20.0 Å².